The van der Waals surface area contributed by atoms with Crippen molar-refractivity contribution in [1.82, 2.24) is 14.7 Å². The summed E-state index contributed by atoms with van der Waals surface area (Å²) in [5, 5.41) is 6.49. The van der Waals surface area contributed by atoms with Crippen molar-refractivity contribution in [3.8, 4) is 11.5 Å². The molecule has 2 aromatic heterocycles. The number of carbonyl (C=O) groups is 1. The molecule has 0 radical (unpaired) electrons. The molecule has 2 aliphatic heterocycles. The summed E-state index contributed by atoms with van der Waals surface area (Å²) in [6.07, 6.45) is 8.10. The van der Waals surface area contributed by atoms with Gasteiger partial charge in [0.15, 0.2) is 23.0 Å². The highest BCUT2D eigenvalue weighted by molar-refractivity contribution is 6.07. The number of aromatic nitrogens is 2. The number of hydrogen-bond acceptors (Lipinski definition) is 6. The summed E-state index contributed by atoms with van der Waals surface area (Å²) in [6, 6.07) is 6.22. The molecule has 4 heterocycles. The van der Waals surface area contributed by atoms with E-state index in [9.17, 15) is 9.18 Å². The first kappa shape index (κ1) is 20.3. The van der Waals surface area contributed by atoms with E-state index in [4.69, 9.17) is 9.47 Å². The maximum Gasteiger partial charge on any atom is 0.259 e. The van der Waals surface area contributed by atoms with Gasteiger partial charge in [-0.15, -0.1) is 0 Å². The number of aryl methyl sites for hydroxylation is 1. The first-order valence-electron chi connectivity index (χ1n) is 11.4. The Hall–Kier alpha value is -3.33. The van der Waals surface area contributed by atoms with Gasteiger partial charge in [0.2, 0.25) is 6.79 Å². The van der Waals surface area contributed by atoms with E-state index in [1.54, 1.807) is 29.8 Å². The van der Waals surface area contributed by atoms with Crippen LogP contribution in [0.4, 0.5) is 15.8 Å². The number of nitrogens with zero attached hydrogens (tertiary/aromatic N) is 3. The van der Waals surface area contributed by atoms with Gasteiger partial charge in [-0.3, -0.25) is 4.79 Å². The molecule has 2 N–H and O–H groups in total. The SMILES string of the molecule is Cc1cn2cc(NC(=O)c3ccc(N4CCC(NC5CC5)CC4)c4c3OCO4)cc(F)c2n1. The number of fused-ring (bicyclic) bond motifs is 2. The summed E-state index contributed by atoms with van der Waals surface area (Å²) in [7, 11) is 0. The van der Waals surface area contributed by atoms with E-state index in [0.717, 1.165) is 31.6 Å². The van der Waals surface area contributed by atoms with E-state index in [0.29, 0.717) is 40.5 Å². The quantitative estimate of drug-likeness (QED) is 0.618. The molecule has 9 heteroatoms. The standard InChI is InChI=1S/C24H26FN5O3/c1-14-11-30-12-17(10-19(25)23(30)26-14)28-24(31)18-4-5-20(22-21(18)32-13-33-22)29-8-6-16(7-9-29)27-15-2-3-15/h4-5,10-12,15-16,27H,2-3,6-9,13H2,1H3,(H,28,31). The minimum Gasteiger partial charge on any atom is -0.453 e. The summed E-state index contributed by atoms with van der Waals surface area (Å²) in [4.78, 5) is 19.5. The van der Waals surface area contributed by atoms with Crippen LogP contribution in [-0.2, 0) is 0 Å². The minimum atomic E-state index is -0.499. The third-order valence-corrected chi connectivity index (χ3v) is 6.51. The van der Waals surface area contributed by atoms with Gasteiger partial charge >= 0.3 is 0 Å². The van der Waals surface area contributed by atoms with Crippen LogP contribution in [0.5, 0.6) is 11.5 Å². The topological polar surface area (TPSA) is 80.1 Å². The number of pyridine rings is 1. The molecule has 0 spiro atoms. The third-order valence-electron chi connectivity index (χ3n) is 6.51. The summed E-state index contributed by atoms with van der Waals surface area (Å²) < 4.78 is 27.4. The molecule has 0 unspecified atom stereocenters. The van der Waals surface area contributed by atoms with E-state index in [-0.39, 0.29) is 18.3 Å². The fourth-order valence-corrected chi connectivity index (χ4v) is 4.73. The van der Waals surface area contributed by atoms with Crippen molar-refractivity contribution in [2.45, 2.75) is 44.7 Å². The summed E-state index contributed by atoms with van der Waals surface area (Å²) in [5.74, 6) is 0.151. The number of rotatable bonds is 5. The fourth-order valence-electron chi connectivity index (χ4n) is 4.73. The van der Waals surface area contributed by atoms with Gasteiger partial charge in [-0.2, -0.15) is 0 Å². The lowest BCUT2D eigenvalue weighted by molar-refractivity contribution is 0.102. The lowest BCUT2D eigenvalue weighted by atomic mass is 10.0. The van der Waals surface area contributed by atoms with Gasteiger partial charge in [-0.25, -0.2) is 9.37 Å². The lowest BCUT2D eigenvalue weighted by Crippen LogP contribution is -2.43. The van der Waals surface area contributed by atoms with Gasteiger partial charge in [-0.1, -0.05) is 0 Å². The van der Waals surface area contributed by atoms with Crippen molar-refractivity contribution in [3.05, 3.63) is 47.7 Å². The van der Waals surface area contributed by atoms with E-state index >= 15 is 0 Å². The predicted molar refractivity (Wildman–Crippen MR) is 122 cm³/mol. The van der Waals surface area contributed by atoms with Crippen molar-refractivity contribution in [2.75, 3.05) is 30.1 Å². The number of piperidine rings is 1. The lowest BCUT2D eigenvalue weighted by Gasteiger charge is -2.34. The molecule has 172 valence electrons. The first-order chi connectivity index (χ1) is 16.0. The summed E-state index contributed by atoms with van der Waals surface area (Å²) >= 11 is 0. The number of imidazole rings is 1. The highest BCUT2D eigenvalue weighted by Gasteiger charge is 2.31. The van der Waals surface area contributed by atoms with E-state index in [1.807, 2.05) is 6.07 Å². The van der Waals surface area contributed by atoms with Gasteiger partial charge in [0.25, 0.3) is 5.91 Å². The molecule has 3 aliphatic rings. The zero-order valence-electron chi connectivity index (χ0n) is 18.4. The maximum absolute atomic E-state index is 14.4. The van der Waals surface area contributed by atoms with Gasteiger partial charge in [0.05, 0.1) is 22.6 Å². The molecular weight excluding hydrogens is 425 g/mol. The van der Waals surface area contributed by atoms with Gasteiger partial charge < -0.3 is 29.4 Å². The van der Waals surface area contributed by atoms with Gasteiger partial charge in [0, 0.05) is 43.6 Å². The van der Waals surface area contributed by atoms with Crippen LogP contribution in [0.15, 0.2) is 30.6 Å². The second-order valence-corrected chi connectivity index (χ2v) is 9.04. The first-order valence-corrected chi connectivity index (χ1v) is 11.4. The van der Waals surface area contributed by atoms with Crippen LogP contribution in [-0.4, -0.2) is 47.3 Å². The number of amides is 1. The van der Waals surface area contributed by atoms with Crippen LogP contribution in [0.2, 0.25) is 0 Å². The number of carbonyl (C=O) groups excluding carboxylic acids is 1. The third kappa shape index (κ3) is 3.86. The smallest absolute Gasteiger partial charge is 0.259 e. The maximum atomic E-state index is 14.4. The van der Waals surface area contributed by atoms with Crippen LogP contribution in [0.25, 0.3) is 5.65 Å². The molecule has 3 aromatic rings. The molecule has 6 rings (SSSR count). The highest BCUT2D eigenvalue weighted by atomic mass is 19.1. The highest BCUT2D eigenvalue weighted by Crippen LogP contribution is 2.44. The molecule has 1 saturated carbocycles. The molecule has 1 aliphatic carbocycles. The van der Waals surface area contributed by atoms with Crippen molar-refractivity contribution in [2.24, 2.45) is 0 Å². The van der Waals surface area contributed by atoms with Crippen LogP contribution in [0.1, 0.15) is 41.7 Å². The largest absolute Gasteiger partial charge is 0.453 e. The molecule has 2 fully saturated rings. The summed E-state index contributed by atoms with van der Waals surface area (Å²) in [6.45, 7) is 3.71. The van der Waals surface area contributed by atoms with Crippen molar-refractivity contribution in [3.63, 3.8) is 0 Å². The molecule has 0 bridgehead atoms. The molecule has 0 atom stereocenters. The average molecular weight is 452 g/mol. The van der Waals surface area contributed by atoms with E-state index in [2.05, 4.69) is 20.5 Å². The van der Waals surface area contributed by atoms with Crippen molar-refractivity contribution >= 4 is 22.9 Å². The normalized spacial score (nSPS) is 18.2. The molecule has 8 nitrogen and oxygen atoms in total. The van der Waals surface area contributed by atoms with E-state index < -0.39 is 5.82 Å². The Morgan fingerprint density at radius 3 is 2.64 bits per heavy atom. The Labute approximate surface area is 190 Å². The van der Waals surface area contributed by atoms with Crippen molar-refractivity contribution in [1.29, 1.82) is 0 Å². The van der Waals surface area contributed by atoms with E-state index in [1.165, 1.54) is 18.9 Å². The second-order valence-electron chi connectivity index (χ2n) is 9.04. The van der Waals surface area contributed by atoms with Crippen LogP contribution in [0.3, 0.4) is 0 Å². The van der Waals surface area contributed by atoms with Gasteiger partial charge in [0.1, 0.15) is 0 Å². The number of halogens is 1. The Balaban J connectivity index is 1.21. The predicted octanol–water partition coefficient (Wildman–Crippen LogP) is 3.48. The Morgan fingerprint density at radius 1 is 1.09 bits per heavy atom. The molecular formula is C24H26FN5O3. The Morgan fingerprint density at radius 2 is 1.85 bits per heavy atom. The van der Waals surface area contributed by atoms with Crippen LogP contribution >= 0.6 is 0 Å². The molecule has 33 heavy (non-hydrogen) atoms. The Kier molecular flexibility index (Phi) is 4.86. The van der Waals surface area contributed by atoms with Gasteiger partial charge in [-0.05, 0) is 44.7 Å². The van der Waals surface area contributed by atoms with Crippen molar-refractivity contribution < 1.29 is 18.7 Å². The second kappa shape index (κ2) is 7.91. The zero-order chi connectivity index (χ0) is 22.5. The Bertz CT molecular complexity index is 1230. The number of nitrogens with one attached hydrogen (secondary N) is 2. The number of benzene rings is 1. The molecule has 1 amide bonds. The molecule has 1 aromatic carbocycles. The van der Waals surface area contributed by atoms with Crippen LogP contribution in [0, 0.1) is 12.7 Å². The zero-order valence-corrected chi connectivity index (χ0v) is 18.4. The monoisotopic (exact) mass is 451 g/mol. The van der Waals surface area contributed by atoms with Crippen LogP contribution < -0.4 is 25.0 Å². The molecule has 1 saturated heterocycles. The number of ether oxygens (including phenoxy) is 2. The fraction of sp³-hybridized carbons (Fsp3) is 0.417. The summed E-state index contributed by atoms with van der Waals surface area (Å²) in [5.41, 5.74) is 2.57. The minimum absolute atomic E-state index is 0.0707. The number of hydrogen-bond donors (Lipinski definition) is 2. The number of anilines is 2. The average Bonchev–Trinajstić information content (AvgIpc) is 3.32.